The van der Waals surface area contributed by atoms with Crippen LogP contribution in [0.1, 0.15) is 23.7 Å². The van der Waals surface area contributed by atoms with Gasteiger partial charge < -0.3 is 15.0 Å². The zero-order valence-electron chi connectivity index (χ0n) is 19.2. The predicted molar refractivity (Wildman–Crippen MR) is 137 cm³/mol. The summed E-state index contributed by atoms with van der Waals surface area (Å²) >= 11 is 5.58. The van der Waals surface area contributed by atoms with Crippen molar-refractivity contribution in [1.29, 1.82) is 0 Å². The van der Waals surface area contributed by atoms with Crippen LogP contribution >= 0.6 is 12.2 Å². The smallest absolute Gasteiger partial charge is 0.416 e. The Morgan fingerprint density at radius 1 is 0.857 bits per heavy atom. The van der Waals surface area contributed by atoms with E-state index < -0.39 is 11.7 Å². The van der Waals surface area contributed by atoms with E-state index in [2.05, 4.69) is 15.1 Å². The van der Waals surface area contributed by atoms with Gasteiger partial charge in [0.1, 0.15) is 11.9 Å². The molecule has 0 bridgehead atoms. The van der Waals surface area contributed by atoms with Crippen molar-refractivity contribution in [1.82, 2.24) is 9.80 Å². The van der Waals surface area contributed by atoms with Crippen LogP contribution in [0.3, 0.4) is 0 Å². The van der Waals surface area contributed by atoms with Crippen LogP contribution in [0.5, 0.6) is 5.75 Å². The van der Waals surface area contributed by atoms with Gasteiger partial charge in [-0.15, -0.1) is 0 Å². The molecule has 35 heavy (non-hydrogen) atoms. The van der Waals surface area contributed by atoms with Crippen molar-refractivity contribution in [2.75, 3.05) is 38.0 Å². The van der Waals surface area contributed by atoms with Gasteiger partial charge in [-0.05, 0) is 54.2 Å². The van der Waals surface area contributed by atoms with Gasteiger partial charge in [-0.25, -0.2) is 0 Å². The van der Waals surface area contributed by atoms with E-state index in [0.717, 1.165) is 67.6 Å². The van der Waals surface area contributed by atoms with Crippen molar-refractivity contribution in [2.24, 2.45) is 0 Å². The summed E-state index contributed by atoms with van der Waals surface area (Å²) in [5.74, 6) is 0.425. The summed E-state index contributed by atoms with van der Waals surface area (Å²) in [4.78, 5) is 4.54. The lowest BCUT2D eigenvalue weighted by atomic mass is 10.1. The van der Waals surface area contributed by atoms with Gasteiger partial charge >= 0.3 is 6.18 Å². The lowest BCUT2D eigenvalue weighted by molar-refractivity contribution is -0.137. The second-order valence-corrected chi connectivity index (χ2v) is 8.84. The minimum Gasteiger partial charge on any atom is -0.486 e. The minimum absolute atomic E-state index is 0.258. The molecule has 1 heterocycles. The minimum atomic E-state index is -4.36. The van der Waals surface area contributed by atoms with Gasteiger partial charge in [-0.3, -0.25) is 4.90 Å². The van der Waals surface area contributed by atoms with E-state index >= 15 is 0 Å². The maximum Gasteiger partial charge on any atom is 0.416 e. The van der Waals surface area contributed by atoms with Crippen molar-refractivity contribution in [3.8, 4) is 5.75 Å². The summed E-state index contributed by atoms with van der Waals surface area (Å²) in [7, 11) is 0. The second kappa shape index (κ2) is 11.6. The van der Waals surface area contributed by atoms with Gasteiger partial charge in [0.2, 0.25) is 0 Å². The fourth-order valence-corrected chi connectivity index (χ4v) is 4.35. The molecule has 1 unspecified atom stereocenters. The second-order valence-electron chi connectivity index (χ2n) is 8.45. The maximum absolute atomic E-state index is 12.9. The van der Waals surface area contributed by atoms with Crippen molar-refractivity contribution >= 4 is 23.0 Å². The zero-order chi connectivity index (χ0) is 24.7. The molecule has 1 aliphatic rings. The number of anilines is 1. The fourth-order valence-electron chi connectivity index (χ4n) is 4.05. The molecule has 3 aromatic carbocycles. The summed E-state index contributed by atoms with van der Waals surface area (Å²) in [5.41, 5.74) is 1.30. The lowest BCUT2D eigenvalue weighted by Crippen LogP contribution is -2.50. The quantitative estimate of drug-likeness (QED) is 0.389. The van der Waals surface area contributed by atoms with Crippen LogP contribution in [0, 0.1) is 0 Å². The molecule has 1 fully saturated rings. The summed E-state index contributed by atoms with van der Waals surface area (Å²) < 4.78 is 44.8. The van der Waals surface area contributed by atoms with E-state index in [-0.39, 0.29) is 6.10 Å². The predicted octanol–water partition coefficient (Wildman–Crippen LogP) is 6.23. The molecule has 1 N–H and O–H groups in total. The first-order valence-electron chi connectivity index (χ1n) is 11.6. The van der Waals surface area contributed by atoms with Crippen molar-refractivity contribution in [2.45, 2.75) is 18.7 Å². The Hall–Kier alpha value is -3.10. The molecule has 3 aromatic rings. The van der Waals surface area contributed by atoms with Crippen LogP contribution in [-0.2, 0) is 6.18 Å². The van der Waals surface area contributed by atoms with E-state index in [9.17, 15) is 13.2 Å². The Morgan fingerprint density at radius 3 is 2.06 bits per heavy atom. The Morgan fingerprint density at radius 2 is 1.46 bits per heavy atom. The van der Waals surface area contributed by atoms with E-state index in [1.54, 1.807) is 0 Å². The molecular weight excluding hydrogens is 471 g/mol. The van der Waals surface area contributed by atoms with Crippen LogP contribution in [0.25, 0.3) is 0 Å². The van der Waals surface area contributed by atoms with Crippen LogP contribution in [0.15, 0.2) is 84.9 Å². The Balaban J connectivity index is 1.32. The fraction of sp³-hybridized carbons (Fsp3) is 0.296. The topological polar surface area (TPSA) is 27.7 Å². The summed E-state index contributed by atoms with van der Waals surface area (Å²) in [6, 6.07) is 24.6. The third-order valence-corrected chi connectivity index (χ3v) is 6.38. The van der Waals surface area contributed by atoms with E-state index in [1.165, 1.54) is 12.1 Å². The highest BCUT2D eigenvalue weighted by atomic mass is 32.1. The molecule has 4 rings (SSSR count). The van der Waals surface area contributed by atoms with Crippen LogP contribution in [0.4, 0.5) is 18.9 Å². The van der Waals surface area contributed by atoms with Crippen molar-refractivity contribution in [3.63, 3.8) is 0 Å². The highest BCUT2D eigenvalue weighted by molar-refractivity contribution is 7.80. The number of ether oxygens (including phenoxy) is 1. The first kappa shape index (κ1) is 25.0. The summed E-state index contributed by atoms with van der Waals surface area (Å²) in [5, 5.41) is 4.01. The van der Waals surface area contributed by atoms with E-state index in [0.29, 0.717) is 5.75 Å². The lowest BCUT2D eigenvalue weighted by Gasteiger charge is -2.36. The number of rotatable bonds is 7. The molecule has 184 valence electrons. The molecule has 0 spiro atoms. The maximum atomic E-state index is 12.9. The molecule has 1 aliphatic heterocycles. The molecule has 0 aliphatic carbocycles. The normalized spacial score (nSPS) is 15.5. The number of thiocarbonyl (C=S) groups is 1. The number of hydrogen-bond donors (Lipinski definition) is 1. The molecule has 0 radical (unpaired) electrons. The molecule has 1 saturated heterocycles. The Labute approximate surface area is 209 Å². The number of halogens is 3. The largest absolute Gasteiger partial charge is 0.486 e. The standard InChI is InChI=1S/C27H28F3N3OS/c28-27(29,30)22-11-13-24(14-12-22)34-25(21-7-3-1-4-8-21)15-16-32-17-19-33(20-18-32)26(35)31-23-9-5-2-6-10-23/h1-14,25H,15-20H2,(H,31,35). The molecule has 0 saturated carbocycles. The molecule has 8 heteroatoms. The molecule has 0 amide bonds. The van der Waals surface area contributed by atoms with E-state index in [1.807, 2.05) is 60.7 Å². The van der Waals surface area contributed by atoms with Crippen LogP contribution in [0.2, 0.25) is 0 Å². The first-order valence-corrected chi connectivity index (χ1v) is 12.0. The van der Waals surface area contributed by atoms with Crippen LogP contribution < -0.4 is 10.1 Å². The van der Waals surface area contributed by atoms with Gasteiger partial charge in [0.05, 0.1) is 5.56 Å². The third-order valence-electron chi connectivity index (χ3n) is 6.02. The number of hydrogen-bond acceptors (Lipinski definition) is 3. The number of benzene rings is 3. The van der Waals surface area contributed by atoms with Gasteiger partial charge in [0, 0.05) is 44.8 Å². The van der Waals surface area contributed by atoms with Crippen LogP contribution in [-0.4, -0.2) is 47.6 Å². The summed E-state index contributed by atoms with van der Waals surface area (Å²) in [6.45, 7) is 4.21. The molecule has 1 atom stereocenters. The van der Waals surface area contributed by atoms with Gasteiger partial charge in [0.15, 0.2) is 5.11 Å². The Kier molecular flexibility index (Phi) is 8.25. The third kappa shape index (κ3) is 7.19. The number of nitrogens with zero attached hydrogens (tertiary/aromatic N) is 2. The zero-order valence-corrected chi connectivity index (χ0v) is 20.1. The van der Waals surface area contributed by atoms with Crippen molar-refractivity contribution < 1.29 is 17.9 Å². The first-order chi connectivity index (χ1) is 16.9. The Bertz CT molecular complexity index is 1070. The van der Waals surface area contributed by atoms with Gasteiger partial charge in [-0.1, -0.05) is 48.5 Å². The highest BCUT2D eigenvalue weighted by Gasteiger charge is 2.30. The van der Waals surface area contributed by atoms with Gasteiger partial charge in [0.25, 0.3) is 0 Å². The summed E-state index contributed by atoms with van der Waals surface area (Å²) in [6.07, 6.45) is -3.90. The number of para-hydroxylation sites is 1. The average Bonchev–Trinajstić information content (AvgIpc) is 2.88. The number of piperazine rings is 1. The van der Waals surface area contributed by atoms with E-state index in [4.69, 9.17) is 17.0 Å². The number of alkyl halides is 3. The highest BCUT2D eigenvalue weighted by Crippen LogP contribution is 2.32. The SMILES string of the molecule is FC(F)(F)c1ccc(OC(CCN2CCN(C(=S)Nc3ccccc3)CC2)c2ccccc2)cc1. The molecule has 0 aromatic heterocycles. The molecule has 4 nitrogen and oxygen atoms in total. The monoisotopic (exact) mass is 499 g/mol. The van der Waals surface area contributed by atoms with Gasteiger partial charge in [-0.2, -0.15) is 13.2 Å². The van der Waals surface area contributed by atoms with Crippen molar-refractivity contribution in [3.05, 3.63) is 96.1 Å². The average molecular weight is 500 g/mol. The number of nitrogens with one attached hydrogen (secondary N) is 1. The molecular formula is C27H28F3N3OS.